The van der Waals surface area contributed by atoms with Gasteiger partial charge in [0.25, 0.3) is 0 Å². The average Bonchev–Trinajstić information content (AvgIpc) is 2.59. The van der Waals surface area contributed by atoms with Crippen LogP contribution in [0.2, 0.25) is 0 Å². The monoisotopic (exact) mass is 332 g/mol. The smallest absolute Gasteiger partial charge is 0.338 e. The number of carbonyl (C=O) groups is 2. The van der Waals surface area contributed by atoms with Gasteiger partial charge in [0.2, 0.25) is 0 Å². The molecule has 1 aliphatic heterocycles. The van der Waals surface area contributed by atoms with Gasteiger partial charge in [-0.2, -0.15) is 0 Å². The van der Waals surface area contributed by atoms with E-state index in [0.29, 0.717) is 23.4 Å². The molecule has 6 heteroatoms. The third kappa shape index (κ3) is 3.37. The maximum Gasteiger partial charge on any atom is 0.338 e. The van der Waals surface area contributed by atoms with Gasteiger partial charge in [0.1, 0.15) is 5.75 Å². The Labute approximate surface area is 142 Å². The molecule has 0 bridgehead atoms. The number of nitrogens with one attached hydrogen (secondary N) is 1. The van der Waals surface area contributed by atoms with Crippen LogP contribution in [0.15, 0.2) is 35.5 Å². The minimum absolute atomic E-state index is 0.248. The van der Waals surface area contributed by atoms with Crippen LogP contribution in [0.1, 0.15) is 38.3 Å². The lowest BCUT2D eigenvalue weighted by molar-refractivity contribution is -0.139. The van der Waals surface area contributed by atoms with Crippen molar-refractivity contribution >= 4 is 12.0 Å². The number of urea groups is 1. The first-order valence-electron chi connectivity index (χ1n) is 8.12. The van der Waals surface area contributed by atoms with Crippen LogP contribution in [0.5, 0.6) is 5.75 Å². The highest BCUT2D eigenvalue weighted by molar-refractivity contribution is 5.95. The van der Waals surface area contributed by atoms with Crippen molar-refractivity contribution in [3.63, 3.8) is 0 Å². The zero-order chi connectivity index (χ0) is 17.7. The van der Waals surface area contributed by atoms with Crippen LogP contribution < -0.4 is 10.1 Å². The number of rotatable bonds is 6. The Morgan fingerprint density at radius 3 is 2.62 bits per heavy atom. The maximum absolute atomic E-state index is 12.6. The van der Waals surface area contributed by atoms with Crippen LogP contribution in [0.4, 0.5) is 4.79 Å². The Morgan fingerprint density at radius 2 is 2.00 bits per heavy atom. The van der Waals surface area contributed by atoms with Crippen molar-refractivity contribution in [3.05, 3.63) is 41.1 Å². The number of hydrogen-bond acceptors (Lipinski definition) is 4. The first kappa shape index (κ1) is 17.8. The number of esters is 1. The van der Waals surface area contributed by atoms with E-state index >= 15 is 0 Å². The molecule has 0 spiro atoms. The highest BCUT2D eigenvalue weighted by Gasteiger charge is 2.37. The lowest BCUT2D eigenvalue weighted by Gasteiger charge is -2.35. The third-order valence-corrected chi connectivity index (χ3v) is 4.01. The van der Waals surface area contributed by atoms with E-state index in [-0.39, 0.29) is 12.6 Å². The van der Waals surface area contributed by atoms with Gasteiger partial charge in [0.05, 0.1) is 25.3 Å². The number of ether oxygens (including phenoxy) is 2. The van der Waals surface area contributed by atoms with Crippen LogP contribution in [0, 0.1) is 0 Å². The SMILES string of the molecule is CCCC1=C(C(=O)OCC)[C@H](c2ccccc2OC)NC(=O)N1C. The molecule has 1 aromatic carbocycles. The molecular weight excluding hydrogens is 308 g/mol. The van der Waals surface area contributed by atoms with Gasteiger partial charge < -0.3 is 19.7 Å². The van der Waals surface area contributed by atoms with E-state index in [4.69, 9.17) is 9.47 Å². The summed E-state index contributed by atoms with van der Waals surface area (Å²) < 4.78 is 10.7. The molecule has 0 fully saturated rings. The summed E-state index contributed by atoms with van der Waals surface area (Å²) >= 11 is 0. The summed E-state index contributed by atoms with van der Waals surface area (Å²) in [5, 5.41) is 2.88. The van der Waals surface area contributed by atoms with Gasteiger partial charge in [0.15, 0.2) is 0 Å². The summed E-state index contributed by atoms with van der Waals surface area (Å²) in [6.07, 6.45) is 1.43. The number of nitrogens with zero attached hydrogens (tertiary/aromatic N) is 1. The number of benzene rings is 1. The van der Waals surface area contributed by atoms with Crippen LogP contribution in [-0.4, -0.2) is 37.7 Å². The Bertz CT molecular complexity index is 654. The summed E-state index contributed by atoms with van der Waals surface area (Å²) in [5.41, 5.74) is 1.89. The summed E-state index contributed by atoms with van der Waals surface area (Å²) in [4.78, 5) is 26.5. The van der Waals surface area contributed by atoms with Gasteiger partial charge in [-0.15, -0.1) is 0 Å². The molecule has 130 valence electrons. The predicted molar refractivity (Wildman–Crippen MR) is 90.6 cm³/mol. The van der Waals surface area contributed by atoms with Crippen LogP contribution in [0.3, 0.4) is 0 Å². The first-order valence-corrected chi connectivity index (χ1v) is 8.12. The fourth-order valence-electron chi connectivity index (χ4n) is 2.88. The number of para-hydroxylation sites is 1. The van der Waals surface area contributed by atoms with E-state index < -0.39 is 12.0 Å². The summed E-state index contributed by atoms with van der Waals surface area (Å²) in [7, 11) is 3.23. The number of amides is 2. The van der Waals surface area contributed by atoms with E-state index in [1.165, 1.54) is 4.90 Å². The van der Waals surface area contributed by atoms with Crippen molar-refractivity contribution in [2.45, 2.75) is 32.7 Å². The van der Waals surface area contributed by atoms with E-state index in [1.54, 1.807) is 21.1 Å². The van der Waals surface area contributed by atoms with E-state index in [2.05, 4.69) is 5.32 Å². The Balaban J connectivity index is 2.62. The first-order chi connectivity index (χ1) is 11.5. The minimum atomic E-state index is -0.592. The van der Waals surface area contributed by atoms with Gasteiger partial charge >= 0.3 is 12.0 Å². The zero-order valence-corrected chi connectivity index (χ0v) is 14.6. The van der Waals surface area contributed by atoms with E-state index in [1.807, 2.05) is 31.2 Å². The average molecular weight is 332 g/mol. The number of carbonyl (C=O) groups excluding carboxylic acids is 2. The van der Waals surface area contributed by atoms with Gasteiger partial charge in [-0.25, -0.2) is 9.59 Å². The normalized spacial score (nSPS) is 17.6. The molecule has 1 atom stereocenters. The largest absolute Gasteiger partial charge is 0.496 e. The molecule has 0 saturated carbocycles. The molecule has 0 saturated heterocycles. The Hall–Kier alpha value is -2.50. The molecule has 0 aliphatic carbocycles. The van der Waals surface area contributed by atoms with Gasteiger partial charge in [-0.3, -0.25) is 0 Å². The van der Waals surface area contributed by atoms with Crippen molar-refractivity contribution in [2.24, 2.45) is 0 Å². The second-order valence-corrected chi connectivity index (χ2v) is 5.51. The fraction of sp³-hybridized carbons (Fsp3) is 0.444. The highest BCUT2D eigenvalue weighted by Crippen LogP contribution is 2.36. The minimum Gasteiger partial charge on any atom is -0.496 e. The van der Waals surface area contributed by atoms with Crippen molar-refractivity contribution in [3.8, 4) is 5.75 Å². The summed E-state index contributed by atoms with van der Waals surface area (Å²) in [6, 6.07) is 6.51. The molecule has 1 aliphatic rings. The topological polar surface area (TPSA) is 67.9 Å². The number of methoxy groups -OCH3 is 1. The molecule has 2 amide bonds. The van der Waals surface area contributed by atoms with Crippen LogP contribution in [-0.2, 0) is 9.53 Å². The second kappa shape index (κ2) is 7.86. The highest BCUT2D eigenvalue weighted by atomic mass is 16.5. The number of allylic oxidation sites excluding steroid dienone is 1. The molecule has 2 rings (SSSR count). The number of hydrogen-bond donors (Lipinski definition) is 1. The fourth-order valence-corrected chi connectivity index (χ4v) is 2.88. The zero-order valence-electron chi connectivity index (χ0n) is 14.6. The molecule has 6 nitrogen and oxygen atoms in total. The maximum atomic E-state index is 12.6. The van der Waals surface area contributed by atoms with Gasteiger partial charge in [-0.1, -0.05) is 31.5 Å². The van der Waals surface area contributed by atoms with Gasteiger partial charge in [-0.05, 0) is 19.4 Å². The summed E-state index contributed by atoms with van der Waals surface area (Å²) in [5.74, 6) is 0.203. The van der Waals surface area contributed by atoms with Crippen molar-refractivity contribution in [1.82, 2.24) is 10.2 Å². The van der Waals surface area contributed by atoms with Crippen molar-refractivity contribution in [1.29, 1.82) is 0 Å². The Kier molecular flexibility index (Phi) is 5.84. The Morgan fingerprint density at radius 1 is 1.29 bits per heavy atom. The molecular formula is C18H24N2O4. The molecule has 1 N–H and O–H groups in total. The quantitative estimate of drug-likeness (QED) is 0.813. The van der Waals surface area contributed by atoms with Crippen LogP contribution >= 0.6 is 0 Å². The second-order valence-electron chi connectivity index (χ2n) is 5.51. The lowest BCUT2D eigenvalue weighted by Crippen LogP contribution is -2.47. The summed E-state index contributed by atoms with van der Waals surface area (Å²) in [6.45, 7) is 4.05. The van der Waals surface area contributed by atoms with Crippen molar-refractivity contribution in [2.75, 3.05) is 20.8 Å². The molecule has 0 aromatic heterocycles. The van der Waals surface area contributed by atoms with E-state index in [0.717, 1.165) is 12.0 Å². The molecule has 1 heterocycles. The molecule has 1 aromatic rings. The molecule has 0 unspecified atom stereocenters. The van der Waals surface area contributed by atoms with E-state index in [9.17, 15) is 9.59 Å². The van der Waals surface area contributed by atoms with Crippen molar-refractivity contribution < 1.29 is 19.1 Å². The van der Waals surface area contributed by atoms with Gasteiger partial charge in [0, 0.05) is 18.3 Å². The van der Waals surface area contributed by atoms with Crippen LogP contribution in [0.25, 0.3) is 0 Å². The third-order valence-electron chi connectivity index (χ3n) is 4.01. The predicted octanol–water partition coefficient (Wildman–Crippen LogP) is 3.01. The standard InChI is InChI=1S/C18H24N2O4/c1-5-9-13-15(17(21)24-6-2)16(19-18(22)20(13)3)12-10-7-8-11-14(12)23-4/h7-8,10-11,16H,5-6,9H2,1-4H3,(H,19,22)/t16-/m0/s1. The molecule has 24 heavy (non-hydrogen) atoms. The molecule has 0 radical (unpaired) electrons. The lowest BCUT2D eigenvalue weighted by atomic mass is 9.92.